The SMILES string of the molecule is NCc1cc(S(=O)(=O)NCc2ccc(F)c(Cl)c2)cs1. The summed E-state index contributed by atoms with van der Waals surface area (Å²) in [6.07, 6.45) is 0. The van der Waals surface area contributed by atoms with Gasteiger partial charge in [0, 0.05) is 23.3 Å². The van der Waals surface area contributed by atoms with Gasteiger partial charge < -0.3 is 5.73 Å². The maximum Gasteiger partial charge on any atom is 0.241 e. The summed E-state index contributed by atoms with van der Waals surface area (Å²) in [5, 5.41) is 1.49. The predicted molar refractivity (Wildman–Crippen MR) is 77.6 cm³/mol. The van der Waals surface area contributed by atoms with Crippen LogP contribution in [0, 0.1) is 5.82 Å². The van der Waals surface area contributed by atoms with E-state index in [0.29, 0.717) is 12.1 Å². The number of sulfonamides is 1. The van der Waals surface area contributed by atoms with Gasteiger partial charge in [0.25, 0.3) is 0 Å². The maximum absolute atomic E-state index is 13.0. The molecule has 3 N–H and O–H groups in total. The lowest BCUT2D eigenvalue weighted by Gasteiger charge is -2.06. The molecule has 4 nitrogen and oxygen atoms in total. The highest BCUT2D eigenvalue weighted by Crippen LogP contribution is 2.20. The minimum Gasteiger partial charge on any atom is -0.326 e. The fourth-order valence-electron chi connectivity index (χ4n) is 1.52. The molecule has 1 aromatic heterocycles. The van der Waals surface area contributed by atoms with Gasteiger partial charge in [-0.2, -0.15) is 0 Å². The van der Waals surface area contributed by atoms with Crippen molar-refractivity contribution in [1.82, 2.24) is 4.72 Å². The molecule has 0 saturated carbocycles. The first-order valence-electron chi connectivity index (χ1n) is 5.63. The highest BCUT2D eigenvalue weighted by atomic mass is 35.5. The number of rotatable bonds is 5. The molecule has 0 amide bonds. The quantitative estimate of drug-likeness (QED) is 0.882. The molecule has 2 aromatic rings. The molecule has 0 bridgehead atoms. The molecule has 0 fully saturated rings. The molecule has 0 aliphatic heterocycles. The second-order valence-electron chi connectivity index (χ2n) is 4.03. The fourth-order valence-corrected chi connectivity index (χ4v) is 3.90. The number of hydrogen-bond donors (Lipinski definition) is 2. The lowest BCUT2D eigenvalue weighted by atomic mass is 10.2. The molecule has 1 aromatic carbocycles. The van der Waals surface area contributed by atoms with Gasteiger partial charge in [0.15, 0.2) is 0 Å². The van der Waals surface area contributed by atoms with Crippen molar-refractivity contribution >= 4 is 33.0 Å². The fraction of sp³-hybridized carbons (Fsp3) is 0.167. The van der Waals surface area contributed by atoms with Gasteiger partial charge >= 0.3 is 0 Å². The Bertz CT molecular complexity index is 716. The molecular weight excluding hydrogens is 323 g/mol. The van der Waals surface area contributed by atoms with Crippen LogP contribution < -0.4 is 10.5 Å². The summed E-state index contributed by atoms with van der Waals surface area (Å²) >= 11 is 6.93. The Labute approximate surface area is 125 Å². The van der Waals surface area contributed by atoms with E-state index in [1.54, 1.807) is 0 Å². The second-order valence-corrected chi connectivity index (χ2v) is 7.20. The van der Waals surface area contributed by atoms with E-state index in [1.165, 1.54) is 41.0 Å². The average Bonchev–Trinajstić information content (AvgIpc) is 2.90. The smallest absolute Gasteiger partial charge is 0.241 e. The van der Waals surface area contributed by atoms with Crippen molar-refractivity contribution in [3.05, 3.63) is 50.9 Å². The molecule has 0 spiro atoms. The zero-order valence-electron chi connectivity index (χ0n) is 10.3. The Morgan fingerprint density at radius 2 is 2.10 bits per heavy atom. The lowest BCUT2D eigenvalue weighted by Crippen LogP contribution is -2.22. The minimum absolute atomic E-state index is 0.0378. The Morgan fingerprint density at radius 1 is 1.35 bits per heavy atom. The van der Waals surface area contributed by atoms with Crippen LogP contribution in [0.5, 0.6) is 0 Å². The Hall–Kier alpha value is -0.990. The van der Waals surface area contributed by atoms with Crippen LogP contribution in [0.1, 0.15) is 10.4 Å². The van der Waals surface area contributed by atoms with Crippen molar-refractivity contribution in [2.24, 2.45) is 5.73 Å². The largest absolute Gasteiger partial charge is 0.326 e. The summed E-state index contributed by atoms with van der Waals surface area (Å²) in [6.45, 7) is 0.337. The predicted octanol–water partition coefficient (Wildman–Crippen LogP) is 2.48. The summed E-state index contributed by atoms with van der Waals surface area (Å²) in [6, 6.07) is 5.59. The van der Waals surface area contributed by atoms with Gasteiger partial charge in [0.1, 0.15) is 5.82 Å². The van der Waals surface area contributed by atoms with Crippen LogP contribution in [0.15, 0.2) is 34.5 Å². The normalized spacial score (nSPS) is 11.8. The lowest BCUT2D eigenvalue weighted by molar-refractivity contribution is 0.581. The molecule has 0 aliphatic rings. The van der Waals surface area contributed by atoms with Gasteiger partial charge in [-0.25, -0.2) is 17.5 Å². The summed E-state index contributed by atoms with van der Waals surface area (Å²) in [5.74, 6) is -0.538. The second kappa shape index (κ2) is 6.19. The number of halogens is 2. The van der Waals surface area contributed by atoms with Gasteiger partial charge in [-0.15, -0.1) is 11.3 Å². The first-order chi connectivity index (χ1) is 9.42. The zero-order valence-corrected chi connectivity index (χ0v) is 12.7. The zero-order chi connectivity index (χ0) is 14.8. The van der Waals surface area contributed by atoms with Crippen LogP contribution in [0.3, 0.4) is 0 Å². The molecule has 108 valence electrons. The summed E-state index contributed by atoms with van der Waals surface area (Å²) in [4.78, 5) is 0.964. The summed E-state index contributed by atoms with van der Waals surface area (Å²) in [5.41, 5.74) is 6.03. The van der Waals surface area contributed by atoms with Crippen LogP contribution in [0.4, 0.5) is 4.39 Å². The molecule has 0 aliphatic carbocycles. The number of thiophene rings is 1. The molecular formula is C12H12ClFN2O2S2. The third kappa shape index (κ3) is 3.56. The van der Waals surface area contributed by atoms with Gasteiger partial charge in [-0.1, -0.05) is 17.7 Å². The van der Waals surface area contributed by atoms with E-state index in [1.807, 2.05) is 0 Å². The molecule has 0 atom stereocenters. The van der Waals surface area contributed by atoms with Gasteiger partial charge in [-0.3, -0.25) is 0 Å². The van der Waals surface area contributed by atoms with E-state index < -0.39 is 15.8 Å². The summed E-state index contributed by atoms with van der Waals surface area (Å²) in [7, 11) is -3.60. The molecule has 0 saturated heterocycles. The van der Waals surface area contributed by atoms with Crippen molar-refractivity contribution in [3.63, 3.8) is 0 Å². The third-order valence-electron chi connectivity index (χ3n) is 2.59. The van der Waals surface area contributed by atoms with Crippen LogP contribution >= 0.6 is 22.9 Å². The average molecular weight is 335 g/mol. The van der Waals surface area contributed by atoms with Crippen LogP contribution in [0.25, 0.3) is 0 Å². The van der Waals surface area contributed by atoms with Gasteiger partial charge in [-0.05, 0) is 23.8 Å². The number of nitrogens with one attached hydrogen (secondary N) is 1. The molecule has 0 unspecified atom stereocenters. The van der Waals surface area contributed by atoms with E-state index in [2.05, 4.69) is 4.72 Å². The summed E-state index contributed by atoms with van der Waals surface area (Å²) < 4.78 is 39.5. The van der Waals surface area contributed by atoms with E-state index in [9.17, 15) is 12.8 Å². The number of hydrogen-bond acceptors (Lipinski definition) is 4. The number of benzene rings is 1. The van der Waals surface area contributed by atoms with E-state index in [4.69, 9.17) is 17.3 Å². The van der Waals surface area contributed by atoms with Crippen molar-refractivity contribution < 1.29 is 12.8 Å². The van der Waals surface area contributed by atoms with Crippen LogP contribution in [-0.2, 0) is 23.1 Å². The van der Waals surface area contributed by atoms with Crippen LogP contribution in [0.2, 0.25) is 5.02 Å². The van der Waals surface area contributed by atoms with E-state index in [-0.39, 0.29) is 16.5 Å². The monoisotopic (exact) mass is 334 g/mol. The first-order valence-corrected chi connectivity index (χ1v) is 8.37. The van der Waals surface area contributed by atoms with Crippen LogP contribution in [-0.4, -0.2) is 8.42 Å². The first kappa shape index (κ1) is 15.4. The highest BCUT2D eigenvalue weighted by molar-refractivity contribution is 7.89. The topological polar surface area (TPSA) is 72.2 Å². The Kier molecular flexibility index (Phi) is 4.77. The molecule has 1 heterocycles. The van der Waals surface area contributed by atoms with Crippen molar-refractivity contribution in [1.29, 1.82) is 0 Å². The Morgan fingerprint density at radius 3 is 2.70 bits per heavy atom. The van der Waals surface area contributed by atoms with Gasteiger partial charge in [0.05, 0.1) is 9.92 Å². The molecule has 20 heavy (non-hydrogen) atoms. The Balaban J connectivity index is 2.10. The highest BCUT2D eigenvalue weighted by Gasteiger charge is 2.15. The molecule has 8 heteroatoms. The number of nitrogens with two attached hydrogens (primary N) is 1. The third-order valence-corrected chi connectivity index (χ3v) is 5.37. The maximum atomic E-state index is 13.0. The minimum atomic E-state index is -3.60. The van der Waals surface area contributed by atoms with Crippen molar-refractivity contribution in [2.75, 3.05) is 0 Å². The van der Waals surface area contributed by atoms with E-state index in [0.717, 1.165) is 4.88 Å². The van der Waals surface area contributed by atoms with E-state index >= 15 is 0 Å². The van der Waals surface area contributed by atoms with Gasteiger partial charge in [0.2, 0.25) is 10.0 Å². The van der Waals surface area contributed by atoms with Crippen molar-refractivity contribution in [2.45, 2.75) is 18.0 Å². The molecule has 2 rings (SSSR count). The van der Waals surface area contributed by atoms with Crippen molar-refractivity contribution in [3.8, 4) is 0 Å². The standard InChI is InChI=1S/C12H12ClFN2O2S2/c13-11-3-8(1-2-12(11)14)6-16-20(17,18)10-4-9(5-15)19-7-10/h1-4,7,16H,5-6,15H2. The molecule has 0 radical (unpaired) electrons.